The lowest BCUT2D eigenvalue weighted by Gasteiger charge is -2.05. The molecule has 0 aliphatic rings. The molecule has 1 N–H and O–H groups in total. The van der Waals surface area contributed by atoms with Crippen LogP contribution in [0.25, 0.3) is 20.8 Å². The maximum atomic E-state index is 12.4. The fourth-order valence-corrected chi connectivity index (χ4v) is 5.39. The number of hydrogen-bond acceptors (Lipinski definition) is 5. The van der Waals surface area contributed by atoms with Crippen LogP contribution in [0.5, 0.6) is 0 Å². The average Bonchev–Trinajstić information content (AvgIpc) is 3.29. The molecule has 0 spiro atoms. The van der Waals surface area contributed by atoms with E-state index < -0.39 is 0 Å². The number of fused-ring (bicyclic) bond motifs is 1. The highest BCUT2D eigenvalue weighted by atomic mass is 35.5. The van der Waals surface area contributed by atoms with E-state index in [-0.39, 0.29) is 5.91 Å². The summed E-state index contributed by atoms with van der Waals surface area (Å²) in [6.07, 6.45) is 0.449. The monoisotopic (exact) mass is 430 g/mol. The first-order valence-electron chi connectivity index (χ1n) is 8.31. The first-order valence-corrected chi connectivity index (χ1v) is 11.4. The molecule has 0 aliphatic carbocycles. The van der Waals surface area contributed by atoms with Crippen LogP contribution in [-0.2, 0) is 4.79 Å². The number of para-hydroxylation sites is 1. The quantitative estimate of drug-likeness (QED) is 0.342. The van der Waals surface area contributed by atoms with E-state index in [1.165, 1.54) is 11.3 Å². The van der Waals surface area contributed by atoms with Gasteiger partial charge in [-0.3, -0.25) is 4.79 Å². The third kappa shape index (κ3) is 4.52. The number of halogens is 1. The zero-order chi connectivity index (χ0) is 18.6. The average molecular weight is 431 g/mol. The van der Waals surface area contributed by atoms with Gasteiger partial charge in [0.15, 0.2) is 0 Å². The number of thiophene rings is 1. The van der Waals surface area contributed by atoms with Gasteiger partial charge in [-0.05, 0) is 47.8 Å². The van der Waals surface area contributed by atoms with Gasteiger partial charge in [-0.2, -0.15) is 0 Å². The number of thioether (sulfide) groups is 1. The zero-order valence-corrected chi connectivity index (χ0v) is 17.4. The predicted molar refractivity (Wildman–Crippen MR) is 118 cm³/mol. The Bertz CT molecular complexity index is 1040. The molecule has 0 unspecified atom stereocenters. The number of nitrogens with zero attached hydrogens (tertiary/aromatic N) is 1. The van der Waals surface area contributed by atoms with Gasteiger partial charge in [0.1, 0.15) is 10.0 Å². The summed E-state index contributed by atoms with van der Waals surface area (Å²) in [5.41, 5.74) is 1.97. The third-order valence-electron chi connectivity index (χ3n) is 3.85. The van der Waals surface area contributed by atoms with Crippen molar-refractivity contribution in [3.05, 3.63) is 65.0 Å². The normalized spacial score (nSPS) is 11.0. The number of carbonyl (C=O) groups is 1. The molecule has 0 fully saturated rings. The Labute approximate surface area is 174 Å². The van der Waals surface area contributed by atoms with Crippen molar-refractivity contribution in [2.24, 2.45) is 0 Å². The summed E-state index contributed by atoms with van der Waals surface area (Å²) in [6, 6.07) is 17.7. The van der Waals surface area contributed by atoms with Gasteiger partial charge in [0, 0.05) is 27.7 Å². The summed E-state index contributed by atoms with van der Waals surface area (Å²) in [4.78, 5) is 18.2. The van der Waals surface area contributed by atoms with Gasteiger partial charge in [-0.1, -0.05) is 23.7 Å². The standard InChI is InChI=1S/C20H15ClN2OS3/c21-13-5-7-14(8-6-13)25-12-10-18(24)23-19-15(9-11-26-19)20-22-16-3-1-2-4-17(16)27-20/h1-9,11H,10,12H2,(H,23,24). The van der Waals surface area contributed by atoms with Crippen molar-refractivity contribution < 1.29 is 4.79 Å². The Hall–Kier alpha value is -1.86. The minimum atomic E-state index is 0.0151. The molecule has 136 valence electrons. The fraction of sp³-hybridized carbons (Fsp3) is 0.100. The van der Waals surface area contributed by atoms with Crippen LogP contribution >= 0.6 is 46.0 Å². The largest absolute Gasteiger partial charge is 0.317 e. The maximum absolute atomic E-state index is 12.4. The van der Waals surface area contributed by atoms with Gasteiger partial charge in [0.05, 0.1) is 10.2 Å². The number of anilines is 1. The molecule has 0 atom stereocenters. The number of thiazole rings is 1. The van der Waals surface area contributed by atoms with Gasteiger partial charge < -0.3 is 5.32 Å². The lowest BCUT2D eigenvalue weighted by molar-refractivity contribution is -0.115. The van der Waals surface area contributed by atoms with Crippen molar-refractivity contribution in [1.29, 1.82) is 0 Å². The summed E-state index contributed by atoms with van der Waals surface area (Å²) in [6.45, 7) is 0. The highest BCUT2D eigenvalue weighted by Crippen LogP contribution is 2.37. The van der Waals surface area contributed by atoms with E-state index in [1.807, 2.05) is 53.9 Å². The Morgan fingerprint density at radius 1 is 1.11 bits per heavy atom. The number of carbonyl (C=O) groups excluding carboxylic acids is 1. The molecule has 3 nitrogen and oxygen atoms in total. The summed E-state index contributed by atoms with van der Waals surface area (Å²) < 4.78 is 1.15. The van der Waals surface area contributed by atoms with Gasteiger partial charge in [0.25, 0.3) is 0 Å². The van der Waals surface area contributed by atoms with Crippen molar-refractivity contribution >= 4 is 67.2 Å². The van der Waals surface area contributed by atoms with Crippen LogP contribution in [-0.4, -0.2) is 16.6 Å². The van der Waals surface area contributed by atoms with Crippen LogP contribution in [0.15, 0.2) is 64.9 Å². The number of aromatic nitrogens is 1. The SMILES string of the molecule is O=C(CCSc1ccc(Cl)cc1)Nc1sccc1-c1nc2ccccc2s1. The van der Waals surface area contributed by atoms with E-state index in [2.05, 4.69) is 11.4 Å². The van der Waals surface area contributed by atoms with Crippen molar-refractivity contribution in [1.82, 2.24) is 4.98 Å². The molecule has 2 aromatic carbocycles. The Morgan fingerprint density at radius 2 is 1.93 bits per heavy atom. The number of amides is 1. The smallest absolute Gasteiger partial charge is 0.225 e. The number of benzene rings is 2. The van der Waals surface area contributed by atoms with E-state index in [0.29, 0.717) is 6.42 Å². The van der Waals surface area contributed by atoms with E-state index in [1.54, 1.807) is 23.1 Å². The molecule has 2 aromatic heterocycles. The predicted octanol–water partition coefficient (Wildman–Crippen LogP) is 6.80. The molecule has 0 bridgehead atoms. The highest BCUT2D eigenvalue weighted by Gasteiger charge is 2.14. The van der Waals surface area contributed by atoms with Crippen LogP contribution in [0.4, 0.5) is 5.00 Å². The maximum Gasteiger partial charge on any atom is 0.225 e. The molecule has 0 aliphatic heterocycles. The van der Waals surface area contributed by atoms with Crippen LogP contribution in [0.2, 0.25) is 5.02 Å². The van der Waals surface area contributed by atoms with Crippen molar-refractivity contribution in [3.8, 4) is 10.6 Å². The summed E-state index contributed by atoms with van der Waals surface area (Å²) >= 11 is 10.7. The topological polar surface area (TPSA) is 42.0 Å². The first-order chi connectivity index (χ1) is 13.2. The van der Waals surface area contributed by atoms with E-state index in [4.69, 9.17) is 16.6 Å². The minimum Gasteiger partial charge on any atom is -0.317 e. The van der Waals surface area contributed by atoms with Crippen LogP contribution < -0.4 is 5.32 Å². The molecule has 27 heavy (non-hydrogen) atoms. The lowest BCUT2D eigenvalue weighted by atomic mass is 10.3. The third-order valence-corrected chi connectivity index (χ3v) is 7.02. The molecule has 4 aromatic rings. The molecule has 7 heteroatoms. The van der Waals surface area contributed by atoms with E-state index >= 15 is 0 Å². The first kappa shape index (κ1) is 18.5. The fourth-order valence-electron chi connectivity index (χ4n) is 2.54. The molecular formula is C20H15ClN2OS3. The van der Waals surface area contributed by atoms with Gasteiger partial charge in [-0.15, -0.1) is 34.4 Å². The molecular weight excluding hydrogens is 416 g/mol. The van der Waals surface area contributed by atoms with Crippen molar-refractivity contribution in [2.75, 3.05) is 11.1 Å². The van der Waals surface area contributed by atoms with Crippen LogP contribution in [0.1, 0.15) is 6.42 Å². The highest BCUT2D eigenvalue weighted by molar-refractivity contribution is 7.99. The molecule has 4 rings (SSSR count). The minimum absolute atomic E-state index is 0.0151. The molecule has 0 radical (unpaired) electrons. The van der Waals surface area contributed by atoms with Crippen molar-refractivity contribution in [2.45, 2.75) is 11.3 Å². The zero-order valence-electron chi connectivity index (χ0n) is 14.1. The molecule has 2 heterocycles. The summed E-state index contributed by atoms with van der Waals surface area (Å²) in [5.74, 6) is 0.733. The Balaban J connectivity index is 1.39. The van der Waals surface area contributed by atoms with Crippen LogP contribution in [0.3, 0.4) is 0 Å². The lowest BCUT2D eigenvalue weighted by Crippen LogP contribution is -2.11. The molecule has 1 amide bonds. The van der Waals surface area contributed by atoms with Crippen LogP contribution in [0, 0.1) is 0 Å². The summed E-state index contributed by atoms with van der Waals surface area (Å²) in [7, 11) is 0. The second-order valence-corrected chi connectivity index (χ2v) is 9.30. The van der Waals surface area contributed by atoms with Gasteiger partial charge in [0.2, 0.25) is 5.91 Å². The van der Waals surface area contributed by atoms with E-state index in [9.17, 15) is 4.79 Å². The van der Waals surface area contributed by atoms with Gasteiger partial charge in [-0.25, -0.2) is 4.98 Å². The molecule has 0 saturated carbocycles. The second-order valence-electron chi connectivity index (χ2n) is 5.75. The van der Waals surface area contributed by atoms with Crippen molar-refractivity contribution in [3.63, 3.8) is 0 Å². The molecule has 0 saturated heterocycles. The second kappa shape index (κ2) is 8.44. The summed E-state index contributed by atoms with van der Waals surface area (Å²) in [5, 5.41) is 7.54. The van der Waals surface area contributed by atoms with E-state index in [0.717, 1.165) is 41.5 Å². The number of nitrogens with one attached hydrogen (secondary N) is 1. The number of rotatable bonds is 6. The van der Waals surface area contributed by atoms with Gasteiger partial charge >= 0.3 is 0 Å². The number of hydrogen-bond donors (Lipinski definition) is 1. The Morgan fingerprint density at radius 3 is 2.74 bits per heavy atom. The Kier molecular flexibility index (Phi) is 5.78.